The van der Waals surface area contributed by atoms with Crippen LogP contribution >= 0.6 is 11.6 Å². The molecule has 0 aliphatic rings. The third kappa shape index (κ3) is 5.57. The molecule has 1 N–H and O–H groups in total. The van der Waals surface area contributed by atoms with Gasteiger partial charge in [-0.1, -0.05) is 47.1 Å². The topological polar surface area (TPSA) is 132 Å². The Kier molecular flexibility index (Phi) is 7.46. The van der Waals surface area contributed by atoms with Crippen LogP contribution in [0.25, 0.3) is 22.0 Å². The Morgan fingerprint density at radius 1 is 1.08 bits per heavy atom. The van der Waals surface area contributed by atoms with Crippen molar-refractivity contribution in [2.24, 2.45) is 0 Å². The number of aromatic nitrogens is 3. The molecule has 0 fully saturated rings. The molecule has 1 unspecified atom stereocenters. The number of aliphatic carboxylic acids is 1. The van der Waals surface area contributed by atoms with Gasteiger partial charge in [-0.2, -0.15) is 0 Å². The van der Waals surface area contributed by atoms with Gasteiger partial charge in [0.05, 0.1) is 19.1 Å². The first-order chi connectivity index (χ1) is 17.6. The fourth-order valence-corrected chi connectivity index (χ4v) is 5.33. The Hall–Kier alpha value is -3.96. The Labute approximate surface area is 217 Å². The standard InChI is InChI=1S/C25H23ClN4O6S/c1-36-22-5-3-4-20-23(22)24(31)29(28-27-20)15-14-21(25(32)33)30(37(2,34)35)19-12-8-17(9-13-19)16-6-10-18(26)11-7-16/h3-13,21H,14-15H2,1-2H3,(H,32,33). The van der Waals surface area contributed by atoms with E-state index in [0.717, 1.165) is 26.4 Å². The van der Waals surface area contributed by atoms with E-state index < -0.39 is 27.6 Å². The Morgan fingerprint density at radius 3 is 2.27 bits per heavy atom. The zero-order valence-corrected chi connectivity index (χ0v) is 21.5. The van der Waals surface area contributed by atoms with E-state index >= 15 is 0 Å². The molecule has 0 saturated heterocycles. The lowest BCUT2D eigenvalue weighted by molar-refractivity contribution is -0.138. The summed E-state index contributed by atoms with van der Waals surface area (Å²) in [4.78, 5) is 25.3. The Bertz CT molecular complexity index is 1610. The van der Waals surface area contributed by atoms with E-state index in [0.29, 0.717) is 16.3 Å². The molecule has 4 aromatic rings. The minimum atomic E-state index is -4.01. The van der Waals surface area contributed by atoms with Gasteiger partial charge in [-0.05, 0) is 53.9 Å². The number of carboxylic acid groups (broad SMARTS) is 1. The van der Waals surface area contributed by atoms with Crippen molar-refractivity contribution in [1.82, 2.24) is 15.0 Å². The quantitative estimate of drug-likeness (QED) is 0.340. The molecule has 0 aliphatic heterocycles. The molecule has 1 heterocycles. The number of sulfonamides is 1. The molecule has 0 radical (unpaired) electrons. The van der Waals surface area contributed by atoms with Crippen molar-refractivity contribution in [1.29, 1.82) is 0 Å². The summed E-state index contributed by atoms with van der Waals surface area (Å²) in [5.74, 6) is -1.06. The third-order valence-electron chi connectivity index (χ3n) is 5.77. The monoisotopic (exact) mass is 542 g/mol. The van der Waals surface area contributed by atoms with E-state index in [1.54, 1.807) is 42.5 Å². The predicted molar refractivity (Wildman–Crippen MR) is 141 cm³/mol. The first-order valence-electron chi connectivity index (χ1n) is 11.1. The van der Waals surface area contributed by atoms with Crippen LogP contribution in [0.4, 0.5) is 5.69 Å². The zero-order valence-electron chi connectivity index (χ0n) is 19.9. The molecule has 0 aliphatic carbocycles. The number of halogens is 1. The van der Waals surface area contributed by atoms with Crippen LogP contribution in [0, 0.1) is 0 Å². The van der Waals surface area contributed by atoms with E-state index in [9.17, 15) is 23.1 Å². The number of rotatable bonds is 9. The summed E-state index contributed by atoms with van der Waals surface area (Å²) in [6, 6.07) is 17.0. The van der Waals surface area contributed by atoms with Crippen molar-refractivity contribution in [3.05, 3.63) is 82.1 Å². The first kappa shape index (κ1) is 26.1. The van der Waals surface area contributed by atoms with E-state index in [1.807, 2.05) is 12.1 Å². The van der Waals surface area contributed by atoms with Crippen molar-refractivity contribution in [3.8, 4) is 16.9 Å². The minimum absolute atomic E-state index is 0.172. The summed E-state index contributed by atoms with van der Waals surface area (Å²) < 4.78 is 32.6. The summed E-state index contributed by atoms with van der Waals surface area (Å²) in [7, 11) is -2.60. The van der Waals surface area contributed by atoms with E-state index in [2.05, 4.69) is 10.3 Å². The van der Waals surface area contributed by atoms with Crippen LogP contribution < -0.4 is 14.6 Å². The summed E-state index contributed by atoms with van der Waals surface area (Å²) in [6.45, 7) is -0.189. The lowest BCUT2D eigenvalue weighted by Crippen LogP contribution is -2.46. The molecule has 0 spiro atoms. The van der Waals surface area contributed by atoms with Crippen LogP contribution in [0.1, 0.15) is 6.42 Å². The van der Waals surface area contributed by atoms with Gasteiger partial charge >= 0.3 is 5.97 Å². The van der Waals surface area contributed by atoms with Crippen molar-refractivity contribution in [2.75, 3.05) is 17.7 Å². The molecular formula is C25H23ClN4O6S. The lowest BCUT2D eigenvalue weighted by atomic mass is 10.1. The van der Waals surface area contributed by atoms with Gasteiger partial charge < -0.3 is 9.84 Å². The van der Waals surface area contributed by atoms with Crippen LogP contribution in [-0.2, 0) is 21.4 Å². The number of anilines is 1. The number of carbonyl (C=O) groups is 1. The molecule has 12 heteroatoms. The highest BCUT2D eigenvalue weighted by atomic mass is 35.5. The van der Waals surface area contributed by atoms with Gasteiger partial charge in [-0.3, -0.25) is 9.10 Å². The van der Waals surface area contributed by atoms with Gasteiger partial charge in [0.1, 0.15) is 22.7 Å². The van der Waals surface area contributed by atoms with Crippen molar-refractivity contribution >= 4 is 44.2 Å². The van der Waals surface area contributed by atoms with Gasteiger partial charge in [-0.25, -0.2) is 17.9 Å². The number of fused-ring (bicyclic) bond motifs is 1. The van der Waals surface area contributed by atoms with E-state index in [1.165, 1.54) is 19.2 Å². The predicted octanol–water partition coefficient (Wildman–Crippen LogP) is 3.43. The fraction of sp³-hybridized carbons (Fsp3) is 0.200. The molecule has 37 heavy (non-hydrogen) atoms. The number of methoxy groups -OCH3 is 1. The second-order valence-corrected chi connectivity index (χ2v) is 10.5. The van der Waals surface area contributed by atoms with Crippen LogP contribution in [0.3, 0.4) is 0 Å². The maximum absolute atomic E-state index is 13.0. The van der Waals surface area contributed by atoms with Gasteiger partial charge in [0.2, 0.25) is 10.0 Å². The molecule has 0 bridgehead atoms. The second-order valence-electron chi connectivity index (χ2n) is 8.23. The molecule has 0 amide bonds. The molecular weight excluding hydrogens is 520 g/mol. The molecule has 1 aromatic heterocycles. The average molecular weight is 543 g/mol. The Morgan fingerprint density at radius 2 is 1.70 bits per heavy atom. The number of nitrogens with zero attached hydrogens (tertiary/aromatic N) is 4. The van der Waals surface area contributed by atoms with E-state index in [4.69, 9.17) is 16.3 Å². The largest absolute Gasteiger partial charge is 0.496 e. The van der Waals surface area contributed by atoms with Gasteiger partial charge in [0.25, 0.3) is 5.56 Å². The number of ether oxygens (including phenoxy) is 1. The number of hydrogen-bond donors (Lipinski definition) is 1. The van der Waals surface area contributed by atoms with Crippen LogP contribution in [0.15, 0.2) is 71.5 Å². The van der Waals surface area contributed by atoms with Crippen LogP contribution in [0.2, 0.25) is 5.02 Å². The summed E-state index contributed by atoms with van der Waals surface area (Å²) in [5.41, 5.74) is 1.64. The summed E-state index contributed by atoms with van der Waals surface area (Å²) in [5, 5.41) is 18.7. The molecule has 10 nitrogen and oxygen atoms in total. The lowest BCUT2D eigenvalue weighted by Gasteiger charge is -2.29. The molecule has 192 valence electrons. The molecule has 0 saturated carbocycles. The highest BCUT2D eigenvalue weighted by molar-refractivity contribution is 7.92. The highest BCUT2D eigenvalue weighted by Gasteiger charge is 2.33. The number of carboxylic acids is 1. The van der Waals surface area contributed by atoms with Crippen LogP contribution in [-0.4, -0.2) is 53.9 Å². The smallest absolute Gasteiger partial charge is 0.327 e. The molecule has 4 rings (SSSR count). The molecule has 3 aromatic carbocycles. The zero-order chi connectivity index (χ0) is 26.7. The highest BCUT2D eigenvalue weighted by Crippen LogP contribution is 2.28. The average Bonchev–Trinajstić information content (AvgIpc) is 2.87. The fourth-order valence-electron chi connectivity index (χ4n) is 4.04. The van der Waals surface area contributed by atoms with Crippen molar-refractivity contribution in [2.45, 2.75) is 19.0 Å². The van der Waals surface area contributed by atoms with Gasteiger partial charge in [-0.15, -0.1) is 5.10 Å². The second kappa shape index (κ2) is 10.6. The van der Waals surface area contributed by atoms with Crippen molar-refractivity contribution in [3.63, 3.8) is 0 Å². The maximum atomic E-state index is 13.0. The van der Waals surface area contributed by atoms with Crippen molar-refractivity contribution < 1.29 is 23.1 Å². The summed E-state index contributed by atoms with van der Waals surface area (Å²) in [6.07, 6.45) is 0.694. The van der Waals surface area contributed by atoms with Gasteiger partial charge in [0.15, 0.2) is 0 Å². The Balaban J connectivity index is 1.66. The maximum Gasteiger partial charge on any atom is 0.327 e. The van der Waals surface area contributed by atoms with Gasteiger partial charge in [0, 0.05) is 11.6 Å². The minimum Gasteiger partial charge on any atom is -0.496 e. The number of hydrogen-bond acceptors (Lipinski definition) is 7. The normalized spacial score (nSPS) is 12.3. The summed E-state index contributed by atoms with van der Waals surface area (Å²) >= 11 is 5.94. The molecule has 1 atom stereocenters. The van der Waals surface area contributed by atoms with E-state index in [-0.39, 0.29) is 24.0 Å². The first-order valence-corrected chi connectivity index (χ1v) is 13.3. The number of benzene rings is 3. The van der Waals surface area contributed by atoms with Crippen LogP contribution in [0.5, 0.6) is 5.75 Å². The SMILES string of the molecule is COc1cccc2nnn(CCC(C(=O)O)N(c3ccc(-c4ccc(Cl)cc4)cc3)S(C)(=O)=O)c(=O)c12. The number of aryl methyl sites for hydroxylation is 1. The third-order valence-corrected chi connectivity index (χ3v) is 7.20.